The van der Waals surface area contributed by atoms with Gasteiger partial charge in [-0.15, -0.1) is 0 Å². The van der Waals surface area contributed by atoms with E-state index in [0.29, 0.717) is 24.3 Å². The van der Waals surface area contributed by atoms with Gasteiger partial charge in [0.25, 0.3) is 0 Å². The van der Waals surface area contributed by atoms with Crippen molar-refractivity contribution < 1.29 is 8.78 Å². The monoisotopic (exact) mass is 248 g/mol. The zero-order valence-corrected chi connectivity index (χ0v) is 9.79. The van der Waals surface area contributed by atoms with E-state index in [-0.39, 0.29) is 0 Å². The molecule has 0 atom stereocenters. The summed E-state index contributed by atoms with van der Waals surface area (Å²) in [4.78, 5) is 0. The summed E-state index contributed by atoms with van der Waals surface area (Å²) in [6, 6.07) is 11.0. The molecule has 0 fully saturated rings. The SMILES string of the molecule is Nc1cccc(CNCc2ccc(F)cc2F)c1. The maximum atomic E-state index is 13.3. The van der Waals surface area contributed by atoms with E-state index in [1.165, 1.54) is 12.1 Å². The fourth-order valence-electron chi connectivity index (χ4n) is 1.71. The molecule has 0 unspecified atom stereocenters. The average Bonchev–Trinajstić information content (AvgIpc) is 2.32. The van der Waals surface area contributed by atoms with Gasteiger partial charge >= 0.3 is 0 Å². The molecular weight excluding hydrogens is 234 g/mol. The van der Waals surface area contributed by atoms with Gasteiger partial charge in [0.2, 0.25) is 0 Å². The van der Waals surface area contributed by atoms with E-state index in [0.717, 1.165) is 11.6 Å². The lowest BCUT2D eigenvalue weighted by molar-refractivity contribution is 0.560. The highest BCUT2D eigenvalue weighted by molar-refractivity contribution is 5.40. The van der Waals surface area contributed by atoms with Gasteiger partial charge in [-0.3, -0.25) is 0 Å². The largest absolute Gasteiger partial charge is 0.399 e. The van der Waals surface area contributed by atoms with Crippen molar-refractivity contribution in [2.24, 2.45) is 0 Å². The Kier molecular flexibility index (Phi) is 3.89. The number of hydrogen-bond acceptors (Lipinski definition) is 2. The number of nitrogens with two attached hydrogens (primary N) is 1. The van der Waals surface area contributed by atoms with Crippen molar-refractivity contribution in [3.8, 4) is 0 Å². The summed E-state index contributed by atoms with van der Waals surface area (Å²) >= 11 is 0. The Bertz CT molecular complexity index is 541. The van der Waals surface area contributed by atoms with Gasteiger partial charge in [0.1, 0.15) is 11.6 Å². The van der Waals surface area contributed by atoms with Crippen molar-refractivity contribution in [2.75, 3.05) is 5.73 Å². The Morgan fingerprint density at radius 3 is 2.56 bits per heavy atom. The van der Waals surface area contributed by atoms with Crippen LogP contribution in [0.4, 0.5) is 14.5 Å². The molecule has 0 aliphatic carbocycles. The van der Waals surface area contributed by atoms with Crippen LogP contribution in [0, 0.1) is 11.6 Å². The van der Waals surface area contributed by atoms with Crippen LogP contribution in [0.15, 0.2) is 42.5 Å². The first-order valence-corrected chi connectivity index (χ1v) is 5.64. The van der Waals surface area contributed by atoms with Gasteiger partial charge in [0, 0.05) is 30.4 Å². The van der Waals surface area contributed by atoms with E-state index in [2.05, 4.69) is 5.32 Å². The van der Waals surface area contributed by atoms with Crippen molar-refractivity contribution in [1.82, 2.24) is 5.32 Å². The molecule has 2 aromatic rings. The lowest BCUT2D eigenvalue weighted by atomic mass is 10.2. The molecule has 94 valence electrons. The highest BCUT2D eigenvalue weighted by Gasteiger charge is 2.03. The number of rotatable bonds is 4. The summed E-state index contributed by atoms with van der Waals surface area (Å²) in [6.07, 6.45) is 0. The first-order chi connectivity index (χ1) is 8.65. The highest BCUT2D eigenvalue weighted by Crippen LogP contribution is 2.10. The predicted molar refractivity (Wildman–Crippen MR) is 67.8 cm³/mol. The third-order valence-electron chi connectivity index (χ3n) is 2.61. The van der Waals surface area contributed by atoms with Crippen molar-refractivity contribution >= 4 is 5.69 Å². The zero-order valence-electron chi connectivity index (χ0n) is 9.79. The molecule has 0 saturated heterocycles. The highest BCUT2D eigenvalue weighted by atomic mass is 19.1. The molecular formula is C14H14F2N2. The number of hydrogen-bond donors (Lipinski definition) is 2. The van der Waals surface area contributed by atoms with E-state index in [1.54, 1.807) is 0 Å². The van der Waals surface area contributed by atoms with Gasteiger partial charge < -0.3 is 11.1 Å². The summed E-state index contributed by atoms with van der Waals surface area (Å²) < 4.78 is 26.0. The minimum absolute atomic E-state index is 0.348. The maximum absolute atomic E-state index is 13.3. The van der Waals surface area contributed by atoms with Crippen LogP contribution in [0.2, 0.25) is 0 Å². The van der Waals surface area contributed by atoms with E-state index in [1.807, 2.05) is 24.3 Å². The normalized spacial score (nSPS) is 10.6. The van der Waals surface area contributed by atoms with Crippen molar-refractivity contribution in [1.29, 1.82) is 0 Å². The molecule has 0 radical (unpaired) electrons. The quantitative estimate of drug-likeness (QED) is 0.816. The van der Waals surface area contributed by atoms with Crippen LogP contribution in [-0.2, 0) is 13.1 Å². The zero-order chi connectivity index (χ0) is 13.0. The van der Waals surface area contributed by atoms with Crippen LogP contribution >= 0.6 is 0 Å². The summed E-state index contributed by atoms with van der Waals surface area (Å²) in [5, 5.41) is 3.09. The topological polar surface area (TPSA) is 38.0 Å². The fraction of sp³-hybridized carbons (Fsp3) is 0.143. The minimum atomic E-state index is -0.563. The van der Waals surface area contributed by atoms with E-state index in [4.69, 9.17) is 5.73 Å². The summed E-state index contributed by atoms with van der Waals surface area (Å²) in [5.74, 6) is -1.10. The van der Waals surface area contributed by atoms with E-state index in [9.17, 15) is 8.78 Å². The van der Waals surface area contributed by atoms with Crippen molar-refractivity contribution in [3.05, 3.63) is 65.2 Å². The number of nitrogen functional groups attached to an aromatic ring is 1. The molecule has 0 aliphatic rings. The lowest BCUT2D eigenvalue weighted by Crippen LogP contribution is -2.14. The molecule has 0 amide bonds. The van der Waals surface area contributed by atoms with Crippen LogP contribution in [0.5, 0.6) is 0 Å². The van der Waals surface area contributed by atoms with Gasteiger partial charge in [-0.1, -0.05) is 18.2 Å². The Balaban J connectivity index is 1.92. The second-order valence-electron chi connectivity index (χ2n) is 4.08. The van der Waals surface area contributed by atoms with Crippen molar-refractivity contribution in [2.45, 2.75) is 13.1 Å². The number of anilines is 1. The molecule has 0 spiro atoms. The fourth-order valence-corrected chi connectivity index (χ4v) is 1.71. The average molecular weight is 248 g/mol. The molecule has 0 heterocycles. The Labute approximate surface area is 104 Å². The predicted octanol–water partition coefficient (Wildman–Crippen LogP) is 2.84. The third-order valence-corrected chi connectivity index (χ3v) is 2.61. The number of nitrogens with one attached hydrogen (secondary N) is 1. The Morgan fingerprint density at radius 1 is 1.00 bits per heavy atom. The minimum Gasteiger partial charge on any atom is -0.399 e. The van der Waals surface area contributed by atoms with Crippen molar-refractivity contribution in [3.63, 3.8) is 0 Å². The van der Waals surface area contributed by atoms with E-state index < -0.39 is 11.6 Å². The second kappa shape index (κ2) is 5.60. The van der Waals surface area contributed by atoms with Crippen LogP contribution in [0.25, 0.3) is 0 Å². The van der Waals surface area contributed by atoms with Gasteiger partial charge in [0.05, 0.1) is 0 Å². The van der Waals surface area contributed by atoms with Gasteiger partial charge in [0.15, 0.2) is 0 Å². The molecule has 0 aromatic heterocycles. The van der Waals surface area contributed by atoms with Crippen LogP contribution in [0.1, 0.15) is 11.1 Å². The summed E-state index contributed by atoms with van der Waals surface area (Å²) in [6.45, 7) is 0.933. The lowest BCUT2D eigenvalue weighted by Gasteiger charge is -2.07. The molecule has 2 nitrogen and oxygen atoms in total. The molecule has 4 heteroatoms. The standard InChI is InChI=1S/C14H14F2N2/c15-12-5-4-11(14(16)7-12)9-18-8-10-2-1-3-13(17)6-10/h1-7,18H,8-9,17H2. The van der Waals surface area contributed by atoms with Gasteiger partial charge in [-0.2, -0.15) is 0 Å². The van der Waals surface area contributed by atoms with Gasteiger partial charge in [-0.25, -0.2) is 8.78 Å². The first kappa shape index (κ1) is 12.5. The molecule has 0 bridgehead atoms. The number of benzene rings is 2. The third kappa shape index (κ3) is 3.28. The van der Waals surface area contributed by atoms with Gasteiger partial charge in [-0.05, 0) is 23.8 Å². The Morgan fingerprint density at radius 2 is 1.83 bits per heavy atom. The summed E-state index contributed by atoms with van der Waals surface area (Å²) in [5.41, 5.74) is 7.82. The molecule has 0 aliphatic heterocycles. The smallest absolute Gasteiger partial charge is 0.130 e. The molecule has 0 saturated carbocycles. The van der Waals surface area contributed by atoms with Crippen LogP contribution in [0.3, 0.4) is 0 Å². The molecule has 2 aromatic carbocycles. The molecule has 18 heavy (non-hydrogen) atoms. The van der Waals surface area contributed by atoms with E-state index >= 15 is 0 Å². The second-order valence-corrected chi connectivity index (χ2v) is 4.08. The maximum Gasteiger partial charge on any atom is 0.130 e. The summed E-state index contributed by atoms with van der Waals surface area (Å²) in [7, 11) is 0. The van der Waals surface area contributed by atoms with Crippen LogP contribution < -0.4 is 11.1 Å². The Hall–Kier alpha value is -1.94. The van der Waals surface area contributed by atoms with Crippen LogP contribution in [-0.4, -0.2) is 0 Å². The molecule has 2 rings (SSSR count). The number of halogens is 2. The first-order valence-electron chi connectivity index (χ1n) is 5.64. The molecule has 3 N–H and O–H groups in total.